The zero-order chi connectivity index (χ0) is 13.5. The van der Waals surface area contributed by atoms with E-state index in [1.165, 1.54) is 16.7 Å². The smallest absolute Gasteiger partial charge is 0.155 e. The molecule has 1 aromatic rings. The van der Waals surface area contributed by atoms with E-state index in [0.29, 0.717) is 12.2 Å². The van der Waals surface area contributed by atoms with E-state index >= 15 is 0 Å². The van der Waals surface area contributed by atoms with Gasteiger partial charge in [-0.15, -0.1) is 0 Å². The number of hydrogen-bond donors (Lipinski definition) is 0. The maximum atomic E-state index is 11.7. The van der Waals surface area contributed by atoms with Crippen molar-refractivity contribution in [3.8, 4) is 5.75 Å². The van der Waals surface area contributed by atoms with E-state index in [2.05, 4.69) is 19.1 Å². The second-order valence-corrected chi connectivity index (χ2v) is 5.84. The maximum Gasteiger partial charge on any atom is 0.155 e. The molecule has 0 fully saturated rings. The minimum atomic E-state index is 0.0476. The van der Waals surface area contributed by atoms with Crippen LogP contribution in [0.15, 0.2) is 29.8 Å². The Morgan fingerprint density at radius 2 is 2.05 bits per heavy atom. The average Bonchev–Trinajstić information content (AvgIpc) is 2.55. The third-order valence-corrected chi connectivity index (χ3v) is 4.71. The molecule has 0 aromatic heterocycles. The molecule has 0 spiro atoms. The van der Waals surface area contributed by atoms with Crippen LogP contribution in [0.1, 0.15) is 43.7 Å². The number of fused-ring (bicyclic) bond motifs is 3. The van der Waals surface area contributed by atoms with Gasteiger partial charge in [0.2, 0.25) is 0 Å². The van der Waals surface area contributed by atoms with Crippen molar-refractivity contribution in [2.75, 3.05) is 7.11 Å². The van der Waals surface area contributed by atoms with Crippen molar-refractivity contribution in [3.05, 3.63) is 41.0 Å². The molecule has 3 rings (SSSR count). The van der Waals surface area contributed by atoms with Crippen LogP contribution in [0.25, 0.3) is 0 Å². The first-order valence-electron chi connectivity index (χ1n) is 7.05. The molecule has 1 atom stereocenters. The van der Waals surface area contributed by atoms with Crippen molar-refractivity contribution in [1.29, 1.82) is 0 Å². The Bertz CT molecular complexity index is 556. The molecule has 0 saturated heterocycles. The van der Waals surface area contributed by atoms with E-state index in [1.54, 1.807) is 7.11 Å². The van der Waals surface area contributed by atoms with Gasteiger partial charge in [0.15, 0.2) is 5.78 Å². The van der Waals surface area contributed by atoms with Crippen LogP contribution >= 0.6 is 0 Å². The Hall–Kier alpha value is -1.57. The second-order valence-electron chi connectivity index (χ2n) is 5.84. The predicted octanol–water partition coefficient (Wildman–Crippen LogP) is 3.58. The minimum absolute atomic E-state index is 0.0476. The number of ether oxygens (including phenoxy) is 1. The number of carbonyl (C=O) groups is 1. The van der Waals surface area contributed by atoms with Gasteiger partial charge in [0.05, 0.1) is 7.11 Å². The number of methoxy groups -OCH3 is 1. The molecule has 2 heteroatoms. The zero-order valence-electron chi connectivity index (χ0n) is 11.7. The summed E-state index contributed by atoms with van der Waals surface area (Å²) in [6.07, 6.45) is 6.76. The van der Waals surface area contributed by atoms with Crippen LogP contribution in [0, 0.1) is 0 Å². The Labute approximate surface area is 114 Å². The molecule has 2 nitrogen and oxygen atoms in total. The van der Waals surface area contributed by atoms with Gasteiger partial charge in [-0.2, -0.15) is 0 Å². The predicted molar refractivity (Wildman–Crippen MR) is 75.6 cm³/mol. The molecule has 19 heavy (non-hydrogen) atoms. The normalized spacial score (nSPS) is 26.0. The topological polar surface area (TPSA) is 26.3 Å². The van der Waals surface area contributed by atoms with Crippen molar-refractivity contribution >= 4 is 5.78 Å². The van der Waals surface area contributed by atoms with Crippen molar-refractivity contribution in [2.45, 2.75) is 44.4 Å². The Morgan fingerprint density at radius 3 is 2.84 bits per heavy atom. The molecule has 1 aromatic carbocycles. The van der Waals surface area contributed by atoms with Gasteiger partial charge >= 0.3 is 0 Å². The first-order chi connectivity index (χ1) is 9.13. The SMILES string of the molecule is COc1ccc2c(c1)CCCC1=CC(=O)CCC12C. The van der Waals surface area contributed by atoms with Crippen LogP contribution in [0.4, 0.5) is 0 Å². The fourth-order valence-electron chi connectivity index (χ4n) is 3.53. The van der Waals surface area contributed by atoms with Gasteiger partial charge in [0.25, 0.3) is 0 Å². The molecule has 2 aliphatic rings. The Morgan fingerprint density at radius 1 is 1.21 bits per heavy atom. The van der Waals surface area contributed by atoms with Gasteiger partial charge in [-0.1, -0.05) is 18.6 Å². The van der Waals surface area contributed by atoms with E-state index < -0.39 is 0 Å². The van der Waals surface area contributed by atoms with Crippen LogP contribution in [0.5, 0.6) is 5.75 Å². The summed E-state index contributed by atoms with van der Waals surface area (Å²) in [6.45, 7) is 2.29. The van der Waals surface area contributed by atoms with Gasteiger partial charge in [-0.3, -0.25) is 4.79 Å². The molecular formula is C17H20O2. The van der Waals surface area contributed by atoms with Crippen molar-refractivity contribution < 1.29 is 9.53 Å². The summed E-state index contributed by atoms with van der Waals surface area (Å²) >= 11 is 0. The van der Waals surface area contributed by atoms with Crippen LogP contribution in [0.2, 0.25) is 0 Å². The van der Waals surface area contributed by atoms with E-state index in [0.717, 1.165) is 31.4 Å². The number of benzene rings is 1. The first-order valence-corrected chi connectivity index (χ1v) is 7.05. The number of rotatable bonds is 1. The summed E-state index contributed by atoms with van der Waals surface area (Å²) in [5.41, 5.74) is 4.16. The number of hydrogen-bond acceptors (Lipinski definition) is 2. The highest BCUT2D eigenvalue weighted by atomic mass is 16.5. The molecule has 0 amide bonds. The summed E-state index contributed by atoms with van der Waals surface area (Å²) in [5.74, 6) is 1.23. The molecule has 0 aliphatic heterocycles. The summed E-state index contributed by atoms with van der Waals surface area (Å²) < 4.78 is 5.34. The van der Waals surface area contributed by atoms with Gasteiger partial charge in [-0.25, -0.2) is 0 Å². The maximum absolute atomic E-state index is 11.7. The van der Waals surface area contributed by atoms with Crippen molar-refractivity contribution in [2.24, 2.45) is 0 Å². The van der Waals surface area contributed by atoms with E-state index in [1.807, 2.05) is 12.1 Å². The van der Waals surface area contributed by atoms with Gasteiger partial charge in [-0.05, 0) is 55.0 Å². The molecule has 0 radical (unpaired) electrons. The molecule has 0 heterocycles. The van der Waals surface area contributed by atoms with Gasteiger partial charge in [0.1, 0.15) is 5.75 Å². The lowest BCUT2D eigenvalue weighted by Crippen LogP contribution is -2.29. The highest BCUT2D eigenvalue weighted by molar-refractivity contribution is 5.92. The largest absolute Gasteiger partial charge is 0.497 e. The number of allylic oxidation sites excluding steroid dienone is 2. The molecule has 100 valence electrons. The van der Waals surface area contributed by atoms with Crippen molar-refractivity contribution in [1.82, 2.24) is 0 Å². The first kappa shape index (κ1) is 12.5. The third-order valence-electron chi connectivity index (χ3n) is 4.71. The second kappa shape index (κ2) is 4.52. The van der Waals surface area contributed by atoms with Crippen LogP contribution in [0.3, 0.4) is 0 Å². The lowest BCUT2D eigenvalue weighted by Gasteiger charge is -2.35. The fourth-order valence-corrected chi connectivity index (χ4v) is 3.53. The molecule has 2 aliphatic carbocycles. The van der Waals surface area contributed by atoms with Crippen molar-refractivity contribution in [3.63, 3.8) is 0 Å². The minimum Gasteiger partial charge on any atom is -0.497 e. The van der Waals surface area contributed by atoms with Crippen LogP contribution in [-0.4, -0.2) is 12.9 Å². The summed E-state index contributed by atoms with van der Waals surface area (Å²) in [7, 11) is 1.71. The summed E-state index contributed by atoms with van der Waals surface area (Å²) in [4.78, 5) is 11.7. The molecule has 0 bridgehead atoms. The highest BCUT2D eigenvalue weighted by Gasteiger charge is 2.37. The third kappa shape index (κ3) is 1.99. The molecule has 0 saturated carbocycles. The highest BCUT2D eigenvalue weighted by Crippen LogP contribution is 2.46. The summed E-state index contributed by atoms with van der Waals surface area (Å²) in [5, 5.41) is 0. The van der Waals surface area contributed by atoms with E-state index in [9.17, 15) is 4.79 Å². The number of aryl methyl sites for hydroxylation is 1. The van der Waals surface area contributed by atoms with E-state index in [4.69, 9.17) is 4.74 Å². The van der Waals surface area contributed by atoms with E-state index in [-0.39, 0.29) is 5.41 Å². The lowest BCUT2D eigenvalue weighted by atomic mass is 9.68. The lowest BCUT2D eigenvalue weighted by molar-refractivity contribution is -0.115. The Balaban J connectivity index is 2.14. The Kier molecular flexibility index (Phi) is 2.96. The number of ketones is 1. The molecule has 0 N–H and O–H groups in total. The number of carbonyl (C=O) groups excluding carboxylic acids is 1. The summed E-state index contributed by atoms with van der Waals surface area (Å²) in [6, 6.07) is 6.41. The fraction of sp³-hybridized carbons (Fsp3) is 0.471. The van der Waals surface area contributed by atoms with Gasteiger partial charge in [0, 0.05) is 11.8 Å². The monoisotopic (exact) mass is 256 g/mol. The molecule has 1 unspecified atom stereocenters. The average molecular weight is 256 g/mol. The standard InChI is InChI=1S/C17H20O2/c1-17-9-8-14(18)11-13(17)5-3-4-12-10-15(19-2)6-7-16(12)17/h6-7,10-11H,3-5,8-9H2,1-2H3. The van der Waals surface area contributed by atoms with Crippen LogP contribution < -0.4 is 4.74 Å². The van der Waals surface area contributed by atoms with Crippen LogP contribution in [-0.2, 0) is 16.6 Å². The molecular weight excluding hydrogens is 236 g/mol. The quantitative estimate of drug-likeness (QED) is 0.767. The van der Waals surface area contributed by atoms with Gasteiger partial charge < -0.3 is 4.74 Å². The zero-order valence-corrected chi connectivity index (χ0v) is 11.7.